The number of imide groups is 1. The number of benzene rings is 2. The Morgan fingerprint density at radius 3 is 2.62 bits per heavy atom. The van der Waals surface area contributed by atoms with E-state index in [2.05, 4.69) is 0 Å². The van der Waals surface area contributed by atoms with E-state index in [4.69, 9.17) is 9.47 Å². The van der Waals surface area contributed by atoms with E-state index in [1.54, 1.807) is 30.3 Å². The second-order valence-electron chi connectivity index (χ2n) is 6.00. The SMILES string of the molecule is CCOc1ccc(C=C2SC(=O)N(Cc3ccccc3[N+](=O)[O-])C2=O)cc1OC. The smallest absolute Gasteiger partial charge is 0.293 e. The number of ether oxygens (including phenoxy) is 2. The molecule has 150 valence electrons. The molecule has 1 aliphatic rings. The minimum atomic E-state index is -0.531. The average molecular weight is 414 g/mol. The standard InChI is InChI=1S/C20H18N2O6S/c1-3-28-16-9-8-13(10-17(16)27-2)11-18-19(23)21(20(24)29-18)12-14-6-4-5-7-15(14)22(25)26/h4-11H,3,12H2,1-2H3. The zero-order valence-corrected chi connectivity index (χ0v) is 16.6. The minimum Gasteiger partial charge on any atom is -0.493 e. The van der Waals surface area contributed by atoms with Gasteiger partial charge < -0.3 is 9.47 Å². The third kappa shape index (κ3) is 4.40. The van der Waals surface area contributed by atoms with Gasteiger partial charge in [-0.05, 0) is 42.5 Å². The Morgan fingerprint density at radius 1 is 1.17 bits per heavy atom. The summed E-state index contributed by atoms with van der Waals surface area (Å²) in [6.07, 6.45) is 1.59. The molecule has 1 fully saturated rings. The van der Waals surface area contributed by atoms with E-state index in [1.807, 2.05) is 6.92 Å². The Hall–Kier alpha value is -3.33. The first kappa shape index (κ1) is 20.4. The van der Waals surface area contributed by atoms with Crippen molar-refractivity contribution in [2.45, 2.75) is 13.5 Å². The van der Waals surface area contributed by atoms with Crippen LogP contribution in [-0.2, 0) is 11.3 Å². The van der Waals surface area contributed by atoms with Crippen LogP contribution in [0.3, 0.4) is 0 Å². The summed E-state index contributed by atoms with van der Waals surface area (Å²) in [7, 11) is 1.52. The molecule has 0 radical (unpaired) electrons. The van der Waals surface area contributed by atoms with Crippen LogP contribution < -0.4 is 9.47 Å². The van der Waals surface area contributed by atoms with E-state index < -0.39 is 16.1 Å². The molecule has 2 aromatic carbocycles. The van der Waals surface area contributed by atoms with E-state index in [-0.39, 0.29) is 17.1 Å². The third-order valence-electron chi connectivity index (χ3n) is 4.18. The Morgan fingerprint density at radius 2 is 1.93 bits per heavy atom. The van der Waals surface area contributed by atoms with Gasteiger partial charge in [-0.2, -0.15) is 0 Å². The van der Waals surface area contributed by atoms with Crippen molar-refractivity contribution < 1.29 is 24.0 Å². The van der Waals surface area contributed by atoms with Gasteiger partial charge in [-0.15, -0.1) is 0 Å². The zero-order valence-electron chi connectivity index (χ0n) is 15.8. The van der Waals surface area contributed by atoms with Crippen molar-refractivity contribution in [3.05, 3.63) is 68.6 Å². The van der Waals surface area contributed by atoms with E-state index >= 15 is 0 Å². The van der Waals surface area contributed by atoms with Gasteiger partial charge in [-0.1, -0.05) is 24.3 Å². The molecule has 3 rings (SSSR count). The van der Waals surface area contributed by atoms with E-state index in [0.717, 1.165) is 16.7 Å². The van der Waals surface area contributed by atoms with E-state index in [9.17, 15) is 19.7 Å². The molecule has 0 atom stereocenters. The van der Waals surface area contributed by atoms with Crippen LogP contribution in [0.15, 0.2) is 47.4 Å². The molecule has 0 unspecified atom stereocenters. The maximum Gasteiger partial charge on any atom is 0.293 e. The summed E-state index contributed by atoms with van der Waals surface area (Å²) in [5, 5.41) is 10.7. The van der Waals surface area contributed by atoms with E-state index in [1.165, 1.54) is 25.3 Å². The van der Waals surface area contributed by atoms with Crippen molar-refractivity contribution in [1.82, 2.24) is 4.90 Å². The first-order chi connectivity index (χ1) is 13.9. The molecule has 1 aliphatic heterocycles. The summed E-state index contributed by atoms with van der Waals surface area (Å²) >= 11 is 0.795. The van der Waals surface area contributed by atoms with Crippen LogP contribution in [0, 0.1) is 10.1 Å². The Kier molecular flexibility index (Phi) is 6.18. The van der Waals surface area contributed by atoms with Gasteiger partial charge in [0.2, 0.25) is 0 Å². The lowest BCUT2D eigenvalue weighted by Gasteiger charge is -2.12. The number of nitro benzene ring substituents is 1. The van der Waals surface area contributed by atoms with Crippen molar-refractivity contribution in [2.24, 2.45) is 0 Å². The molecular weight excluding hydrogens is 396 g/mol. The van der Waals surface area contributed by atoms with Crippen LogP contribution in [0.25, 0.3) is 6.08 Å². The van der Waals surface area contributed by atoms with Crippen LogP contribution in [0.5, 0.6) is 11.5 Å². The lowest BCUT2D eigenvalue weighted by Crippen LogP contribution is -2.27. The third-order valence-corrected chi connectivity index (χ3v) is 5.08. The monoisotopic (exact) mass is 414 g/mol. The number of carbonyl (C=O) groups excluding carboxylic acids is 2. The second-order valence-corrected chi connectivity index (χ2v) is 6.99. The van der Waals surface area contributed by atoms with Gasteiger partial charge >= 0.3 is 0 Å². The van der Waals surface area contributed by atoms with Crippen LogP contribution in [0.2, 0.25) is 0 Å². The lowest BCUT2D eigenvalue weighted by molar-refractivity contribution is -0.385. The first-order valence-electron chi connectivity index (χ1n) is 8.73. The number of carbonyl (C=O) groups is 2. The number of para-hydroxylation sites is 1. The van der Waals surface area contributed by atoms with Gasteiger partial charge in [0.1, 0.15) is 0 Å². The summed E-state index contributed by atoms with van der Waals surface area (Å²) in [5.41, 5.74) is 0.831. The highest BCUT2D eigenvalue weighted by Crippen LogP contribution is 2.36. The Labute approximate surface area is 171 Å². The molecule has 0 N–H and O–H groups in total. The second kappa shape index (κ2) is 8.78. The molecule has 1 saturated heterocycles. The summed E-state index contributed by atoms with van der Waals surface area (Å²) in [6.45, 7) is 2.19. The predicted octanol–water partition coefficient (Wildman–Crippen LogP) is 4.24. The first-order valence-corrected chi connectivity index (χ1v) is 9.54. The fourth-order valence-corrected chi connectivity index (χ4v) is 3.67. The van der Waals surface area contributed by atoms with Crippen LogP contribution in [0.1, 0.15) is 18.1 Å². The number of methoxy groups -OCH3 is 1. The van der Waals surface area contributed by atoms with Gasteiger partial charge in [-0.3, -0.25) is 24.6 Å². The maximum atomic E-state index is 12.7. The van der Waals surface area contributed by atoms with Crippen molar-refractivity contribution in [2.75, 3.05) is 13.7 Å². The van der Waals surface area contributed by atoms with E-state index in [0.29, 0.717) is 29.2 Å². The summed E-state index contributed by atoms with van der Waals surface area (Å²) in [5.74, 6) is 0.599. The lowest BCUT2D eigenvalue weighted by atomic mass is 10.1. The molecule has 2 amide bonds. The number of nitrogens with zero attached hydrogens (tertiary/aromatic N) is 2. The van der Waals surface area contributed by atoms with Gasteiger partial charge in [0, 0.05) is 11.6 Å². The highest BCUT2D eigenvalue weighted by molar-refractivity contribution is 8.18. The molecule has 0 saturated carbocycles. The summed E-state index contributed by atoms with van der Waals surface area (Å²) in [6, 6.07) is 11.2. The van der Waals surface area contributed by atoms with Crippen LogP contribution in [0.4, 0.5) is 10.5 Å². The molecule has 9 heteroatoms. The maximum absolute atomic E-state index is 12.7. The number of rotatable bonds is 7. The van der Waals surface area contributed by atoms with Crippen molar-refractivity contribution in [3.8, 4) is 11.5 Å². The van der Waals surface area contributed by atoms with Crippen molar-refractivity contribution >= 4 is 34.7 Å². The number of thioether (sulfide) groups is 1. The molecular formula is C20H18N2O6S. The summed E-state index contributed by atoms with van der Waals surface area (Å²) < 4.78 is 10.8. The molecule has 29 heavy (non-hydrogen) atoms. The Bertz CT molecular complexity index is 1000. The van der Waals surface area contributed by atoms with Gasteiger partial charge in [-0.25, -0.2) is 0 Å². The Balaban J connectivity index is 1.85. The fourth-order valence-electron chi connectivity index (χ4n) is 2.83. The normalized spacial score (nSPS) is 15.1. The highest BCUT2D eigenvalue weighted by atomic mass is 32.2. The minimum absolute atomic E-state index is 0.133. The summed E-state index contributed by atoms with van der Waals surface area (Å²) in [4.78, 5) is 37.0. The molecule has 0 spiro atoms. The number of amides is 2. The van der Waals surface area contributed by atoms with Crippen molar-refractivity contribution in [3.63, 3.8) is 0 Å². The van der Waals surface area contributed by atoms with Crippen LogP contribution >= 0.6 is 11.8 Å². The quantitative estimate of drug-likeness (QED) is 0.380. The number of hydrogen-bond acceptors (Lipinski definition) is 7. The zero-order chi connectivity index (χ0) is 21.0. The topological polar surface area (TPSA) is 99.0 Å². The highest BCUT2D eigenvalue weighted by Gasteiger charge is 2.36. The molecule has 1 heterocycles. The van der Waals surface area contributed by atoms with Gasteiger partial charge in [0.25, 0.3) is 16.8 Å². The average Bonchev–Trinajstić information content (AvgIpc) is 2.97. The number of hydrogen-bond donors (Lipinski definition) is 0. The number of nitro groups is 1. The molecule has 0 bridgehead atoms. The largest absolute Gasteiger partial charge is 0.493 e. The molecule has 0 aromatic heterocycles. The predicted molar refractivity (Wildman–Crippen MR) is 109 cm³/mol. The fraction of sp³-hybridized carbons (Fsp3) is 0.200. The van der Waals surface area contributed by atoms with Crippen LogP contribution in [-0.4, -0.2) is 34.7 Å². The van der Waals surface area contributed by atoms with Crippen molar-refractivity contribution in [1.29, 1.82) is 0 Å². The molecule has 2 aromatic rings. The molecule has 8 nitrogen and oxygen atoms in total. The van der Waals surface area contributed by atoms with Gasteiger partial charge in [0.15, 0.2) is 11.5 Å². The molecule has 0 aliphatic carbocycles. The van der Waals surface area contributed by atoms with Gasteiger partial charge in [0.05, 0.1) is 30.1 Å².